The molecule has 0 radical (unpaired) electrons. The molecule has 5 heteroatoms. The van der Waals surface area contributed by atoms with Crippen LogP contribution in [0.4, 0.5) is 8.78 Å². The molecule has 1 nitrogen and oxygen atoms in total. The van der Waals surface area contributed by atoms with Crippen molar-refractivity contribution in [2.75, 3.05) is 5.75 Å². The van der Waals surface area contributed by atoms with E-state index in [4.69, 9.17) is 11.6 Å². The van der Waals surface area contributed by atoms with Gasteiger partial charge in [0.1, 0.15) is 11.6 Å². The fraction of sp³-hybridized carbons (Fsp3) is 0.143. The Morgan fingerprint density at radius 2 is 1.63 bits per heavy atom. The van der Waals surface area contributed by atoms with Crippen molar-refractivity contribution >= 4 is 23.4 Å². The van der Waals surface area contributed by atoms with E-state index < -0.39 is 17.7 Å². The molecule has 0 bridgehead atoms. The van der Waals surface area contributed by atoms with Gasteiger partial charge in [-0.05, 0) is 42.0 Å². The van der Waals surface area contributed by atoms with Crippen LogP contribution in [0.2, 0.25) is 5.02 Å². The Morgan fingerprint density at radius 3 is 2.21 bits per heavy atom. The molecule has 2 rings (SSSR count). The minimum atomic E-state index is -0.925. The molecule has 0 amide bonds. The van der Waals surface area contributed by atoms with Crippen molar-refractivity contribution in [2.24, 2.45) is 0 Å². The first-order valence-corrected chi connectivity index (χ1v) is 6.93. The SMILES string of the molecule is OC(CSc1ccc(Cl)cc1)c1cc(F)cc(F)c1. The predicted octanol–water partition coefficient (Wildman–Crippen LogP) is 4.44. The second-order valence-corrected chi connectivity index (χ2v) is 5.51. The van der Waals surface area contributed by atoms with Crippen molar-refractivity contribution in [1.29, 1.82) is 0 Å². The van der Waals surface area contributed by atoms with Gasteiger partial charge in [-0.1, -0.05) is 11.6 Å². The zero-order chi connectivity index (χ0) is 13.8. The van der Waals surface area contributed by atoms with Gasteiger partial charge in [0, 0.05) is 21.7 Å². The van der Waals surface area contributed by atoms with E-state index >= 15 is 0 Å². The number of rotatable bonds is 4. The summed E-state index contributed by atoms with van der Waals surface area (Å²) in [4.78, 5) is 0.931. The van der Waals surface area contributed by atoms with Crippen LogP contribution in [-0.4, -0.2) is 10.9 Å². The third kappa shape index (κ3) is 4.20. The minimum Gasteiger partial charge on any atom is -0.388 e. The summed E-state index contributed by atoms with van der Waals surface area (Å²) < 4.78 is 26.0. The maximum atomic E-state index is 13.0. The fourth-order valence-corrected chi connectivity index (χ4v) is 2.57. The highest BCUT2D eigenvalue weighted by Gasteiger charge is 2.11. The molecule has 2 aromatic rings. The van der Waals surface area contributed by atoms with Crippen molar-refractivity contribution in [3.05, 3.63) is 64.7 Å². The van der Waals surface area contributed by atoms with Crippen molar-refractivity contribution in [3.8, 4) is 0 Å². The van der Waals surface area contributed by atoms with E-state index in [-0.39, 0.29) is 5.56 Å². The van der Waals surface area contributed by atoms with Gasteiger partial charge in [-0.15, -0.1) is 11.8 Å². The van der Waals surface area contributed by atoms with E-state index in [1.807, 2.05) is 12.1 Å². The van der Waals surface area contributed by atoms with Crippen molar-refractivity contribution in [2.45, 2.75) is 11.0 Å². The molecule has 0 aliphatic carbocycles. The number of halogens is 3. The van der Waals surface area contributed by atoms with Gasteiger partial charge in [-0.3, -0.25) is 0 Å². The number of thioether (sulfide) groups is 1. The Hall–Kier alpha value is -1.10. The maximum Gasteiger partial charge on any atom is 0.126 e. The van der Waals surface area contributed by atoms with Crippen LogP contribution in [0.25, 0.3) is 0 Å². The Kier molecular flexibility index (Phi) is 4.80. The van der Waals surface area contributed by atoms with Crippen LogP contribution in [-0.2, 0) is 0 Å². The Balaban J connectivity index is 2.00. The lowest BCUT2D eigenvalue weighted by Gasteiger charge is -2.11. The molecule has 19 heavy (non-hydrogen) atoms. The third-order valence-corrected chi connectivity index (χ3v) is 3.83. The standard InChI is InChI=1S/C14H11ClF2OS/c15-10-1-3-13(4-2-10)19-8-14(18)9-5-11(16)7-12(17)6-9/h1-7,14,18H,8H2. The summed E-state index contributed by atoms with van der Waals surface area (Å²) in [5.74, 6) is -1.07. The first-order chi connectivity index (χ1) is 9.04. The molecule has 0 spiro atoms. The molecule has 100 valence electrons. The van der Waals surface area contributed by atoms with Gasteiger partial charge in [-0.25, -0.2) is 8.78 Å². The molecule has 0 aromatic heterocycles. The first kappa shape index (κ1) is 14.3. The molecule has 0 aliphatic heterocycles. The zero-order valence-corrected chi connectivity index (χ0v) is 11.4. The van der Waals surface area contributed by atoms with Crippen LogP contribution in [0.15, 0.2) is 47.4 Å². The molecule has 0 fully saturated rings. The van der Waals surface area contributed by atoms with E-state index in [1.165, 1.54) is 11.8 Å². The van der Waals surface area contributed by atoms with Crippen LogP contribution < -0.4 is 0 Å². The Bertz CT molecular complexity index is 540. The third-order valence-electron chi connectivity index (χ3n) is 2.49. The summed E-state index contributed by atoms with van der Waals surface area (Å²) in [7, 11) is 0. The van der Waals surface area contributed by atoms with Gasteiger partial charge in [0.15, 0.2) is 0 Å². The summed E-state index contributed by atoms with van der Waals surface area (Å²) in [6, 6.07) is 10.2. The van der Waals surface area contributed by atoms with E-state index in [0.29, 0.717) is 10.8 Å². The van der Waals surface area contributed by atoms with E-state index in [0.717, 1.165) is 23.1 Å². The largest absolute Gasteiger partial charge is 0.388 e. The summed E-state index contributed by atoms with van der Waals surface area (Å²) >= 11 is 7.15. The van der Waals surface area contributed by atoms with Crippen LogP contribution in [0.3, 0.4) is 0 Å². The topological polar surface area (TPSA) is 20.2 Å². The lowest BCUT2D eigenvalue weighted by molar-refractivity contribution is 0.203. The second kappa shape index (κ2) is 6.37. The van der Waals surface area contributed by atoms with Gasteiger partial charge >= 0.3 is 0 Å². The lowest BCUT2D eigenvalue weighted by atomic mass is 10.1. The minimum absolute atomic E-state index is 0.235. The molecule has 0 heterocycles. The Labute approximate surface area is 119 Å². The molecule has 1 atom stereocenters. The number of hydrogen-bond donors (Lipinski definition) is 1. The second-order valence-electron chi connectivity index (χ2n) is 3.98. The summed E-state index contributed by atoms with van der Waals surface area (Å²) in [6.07, 6.45) is -0.925. The normalized spacial score (nSPS) is 12.4. The average Bonchev–Trinajstić information content (AvgIpc) is 2.36. The highest BCUT2D eigenvalue weighted by atomic mass is 35.5. The summed E-state index contributed by atoms with van der Waals surface area (Å²) in [5, 5.41) is 10.5. The maximum absolute atomic E-state index is 13.0. The van der Waals surface area contributed by atoms with Crippen molar-refractivity contribution < 1.29 is 13.9 Å². The smallest absolute Gasteiger partial charge is 0.126 e. The number of benzene rings is 2. The van der Waals surface area contributed by atoms with E-state index in [1.54, 1.807) is 12.1 Å². The molecule has 1 N–H and O–H groups in total. The van der Waals surface area contributed by atoms with Gasteiger partial charge in [-0.2, -0.15) is 0 Å². The van der Waals surface area contributed by atoms with Crippen molar-refractivity contribution in [3.63, 3.8) is 0 Å². The highest BCUT2D eigenvalue weighted by Crippen LogP contribution is 2.26. The number of hydrogen-bond acceptors (Lipinski definition) is 2. The Morgan fingerprint density at radius 1 is 1.05 bits per heavy atom. The van der Waals surface area contributed by atoms with Gasteiger partial charge in [0.2, 0.25) is 0 Å². The molecule has 1 unspecified atom stereocenters. The van der Waals surface area contributed by atoms with Gasteiger partial charge in [0.25, 0.3) is 0 Å². The van der Waals surface area contributed by atoms with Crippen LogP contribution in [0.5, 0.6) is 0 Å². The van der Waals surface area contributed by atoms with Crippen molar-refractivity contribution in [1.82, 2.24) is 0 Å². The number of aliphatic hydroxyl groups is 1. The van der Waals surface area contributed by atoms with Crippen LogP contribution >= 0.6 is 23.4 Å². The summed E-state index contributed by atoms with van der Waals surface area (Å²) in [5.41, 5.74) is 0.235. The van der Waals surface area contributed by atoms with E-state index in [9.17, 15) is 13.9 Å². The van der Waals surface area contributed by atoms with Gasteiger partial charge in [0.05, 0.1) is 6.10 Å². The molecule has 2 aromatic carbocycles. The lowest BCUT2D eigenvalue weighted by Crippen LogP contribution is -2.02. The van der Waals surface area contributed by atoms with E-state index in [2.05, 4.69) is 0 Å². The molecular formula is C14H11ClF2OS. The number of aliphatic hydroxyl groups excluding tert-OH is 1. The predicted molar refractivity (Wildman–Crippen MR) is 73.5 cm³/mol. The van der Waals surface area contributed by atoms with Gasteiger partial charge < -0.3 is 5.11 Å². The fourth-order valence-electron chi connectivity index (χ4n) is 1.57. The summed E-state index contributed by atoms with van der Waals surface area (Å²) in [6.45, 7) is 0. The average molecular weight is 301 g/mol. The monoisotopic (exact) mass is 300 g/mol. The highest BCUT2D eigenvalue weighted by molar-refractivity contribution is 7.99. The molecule has 0 saturated carbocycles. The first-order valence-electron chi connectivity index (χ1n) is 5.57. The van der Waals surface area contributed by atoms with Crippen LogP contribution in [0, 0.1) is 11.6 Å². The molecular weight excluding hydrogens is 290 g/mol. The molecule has 0 saturated heterocycles. The quantitative estimate of drug-likeness (QED) is 0.842. The van der Waals surface area contributed by atoms with Crippen LogP contribution in [0.1, 0.15) is 11.7 Å². The molecule has 0 aliphatic rings. The zero-order valence-electron chi connectivity index (χ0n) is 9.82.